The van der Waals surface area contributed by atoms with E-state index in [2.05, 4.69) is 14.2 Å². The van der Waals surface area contributed by atoms with Crippen molar-refractivity contribution in [1.29, 1.82) is 0 Å². The molecule has 0 aliphatic carbocycles. The molecule has 2 nitrogen and oxygen atoms in total. The van der Waals surface area contributed by atoms with E-state index in [1.165, 1.54) is 0 Å². The predicted molar refractivity (Wildman–Crippen MR) is 47.8 cm³/mol. The van der Waals surface area contributed by atoms with Crippen molar-refractivity contribution in [1.82, 2.24) is 0 Å². The Labute approximate surface area is 72.9 Å². The Bertz CT molecular complexity index is 237. The Balaban J connectivity index is 3.14. The van der Waals surface area contributed by atoms with Crippen LogP contribution in [0.3, 0.4) is 0 Å². The Hall–Kier alpha value is -0.141. The van der Waals surface area contributed by atoms with E-state index >= 15 is 0 Å². The topological polar surface area (TPSA) is 52.0 Å². The van der Waals surface area contributed by atoms with Crippen LogP contribution >= 0.6 is 0 Å². The van der Waals surface area contributed by atoms with Crippen molar-refractivity contribution in [3.05, 3.63) is 18.2 Å². The molecule has 0 saturated heterocycles. The molecule has 4 N–H and O–H groups in total. The summed E-state index contributed by atoms with van der Waals surface area (Å²) in [5.41, 5.74) is 12.7. The van der Waals surface area contributed by atoms with Crippen molar-refractivity contribution in [2.24, 2.45) is 0 Å². The summed E-state index contributed by atoms with van der Waals surface area (Å²) in [4.78, 5) is 0. The van der Waals surface area contributed by atoms with E-state index in [1.54, 1.807) is 0 Å². The zero-order valence-corrected chi connectivity index (χ0v) is 8.83. The molecule has 1 aromatic rings. The van der Waals surface area contributed by atoms with E-state index in [4.69, 9.17) is 11.5 Å². The average molecular weight is 266 g/mol. The molecule has 0 aromatic heterocycles. The monoisotopic (exact) mass is 268 g/mol. The maximum atomic E-state index is 5.67. The predicted octanol–water partition coefficient (Wildman–Crippen LogP) is -1.00. The van der Waals surface area contributed by atoms with Crippen LogP contribution in [0, 0.1) is 0 Å². The van der Waals surface area contributed by atoms with Gasteiger partial charge in [0.15, 0.2) is 0 Å². The van der Waals surface area contributed by atoms with Crippen LogP contribution in [0.25, 0.3) is 0 Å². The molecule has 0 aliphatic rings. The molecule has 54 valence electrons. The first-order chi connectivity index (χ1) is 4.75. The summed E-state index contributed by atoms with van der Waals surface area (Å²) >= 11 is 2.92. The third kappa shape index (κ3) is 1.47. The Morgan fingerprint density at radius 1 is 1.30 bits per heavy atom. The van der Waals surface area contributed by atoms with Gasteiger partial charge in [0.05, 0.1) is 0 Å². The molecular formula is C6H8N2Se2. The third-order valence-corrected chi connectivity index (χ3v) is 4.50. The number of benzene rings is 1. The van der Waals surface area contributed by atoms with Crippen molar-refractivity contribution < 1.29 is 0 Å². The van der Waals surface area contributed by atoms with Gasteiger partial charge in [0.25, 0.3) is 0 Å². The number of anilines is 2. The van der Waals surface area contributed by atoms with Crippen LogP contribution < -0.4 is 15.9 Å². The molecule has 1 rings (SSSR count). The van der Waals surface area contributed by atoms with Gasteiger partial charge in [0.1, 0.15) is 0 Å². The van der Waals surface area contributed by atoms with Crippen LogP contribution in [0.15, 0.2) is 18.2 Å². The summed E-state index contributed by atoms with van der Waals surface area (Å²) in [5.74, 6) is 0. The number of rotatable bonds is 1. The molecular weight excluding hydrogens is 258 g/mol. The maximum absolute atomic E-state index is 5.67. The molecule has 10 heavy (non-hydrogen) atoms. The summed E-state index contributed by atoms with van der Waals surface area (Å²) in [7, 11) is 0. The van der Waals surface area contributed by atoms with Gasteiger partial charge in [-0.2, -0.15) is 0 Å². The van der Waals surface area contributed by atoms with Crippen LogP contribution in [-0.4, -0.2) is 27.3 Å². The van der Waals surface area contributed by atoms with E-state index in [0.29, 0.717) is 18.8 Å². The first-order valence-corrected chi connectivity index (χ1v) is 8.31. The summed E-state index contributed by atoms with van der Waals surface area (Å²) in [6.07, 6.45) is 0. The van der Waals surface area contributed by atoms with Gasteiger partial charge in [-0.3, -0.25) is 0 Å². The van der Waals surface area contributed by atoms with Gasteiger partial charge in [0.2, 0.25) is 0 Å². The summed E-state index contributed by atoms with van der Waals surface area (Å²) < 4.78 is 1.16. The van der Waals surface area contributed by atoms with Crippen LogP contribution in [-0.2, 0) is 0 Å². The van der Waals surface area contributed by atoms with Crippen molar-refractivity contribution >= 4 is 43.2 Å². The molecule has 0 radical (unpaired) electrons. The minimum absolute atomic E-state index is 0.381. The fourth-order valence-corrected chi connectivity index (χ4v) is 3.12. The molecule has 0 aliphatic heterocycles. The Kier molecular flexibility index (Phi) is 2.63. The zero-order valence-electron chi connectivity index (χ0n) is 5.24. The average Bonchev–Trinajstić information content (AvgIpc) is 1.95. The third-order valence-electron chi connectivity index (χ3n) is 1.20. The van der Waals surface area contributed by atoms with Gasteiger partial charge in [-0.15, -0.1) is 0 Å². The number of hydrogen-bond acceptors (Lipinski definition) is 2. The van der Waals surface area contributed by atoms with Gasteiger partial charge in [-0.25, -0.2) is 0 Å². The molecule has 0 bridgehead atoms. The molecule has 0 spiro atoms. The van der Waals surface area contributed by atoms with E-state index in [9.17, 15) is 0 Å². The van der Waals surface area contributed by atoms with Gasteiger partial charge < -0.3 is 0 Å². The molecule has 0 amide bonds. The second-order valence-corrected chi connectivity index (χ2v) is 5.15. The van der Waals surface area contributed by atoms with Gasteiger partial charge in [-0.05, 0) is 0 Å². The normalized spacial score (nSPS) is 9.70. The van der Waals surface area contributed by atoms with E-state index < -0.39 is 0 Å². The van der Waals surface area contributed by atoms with Crippen LogP contribution in [0.4, 0.5) is 11.4 Å². The number of nitrogen functional groups attached to an aromatic ring is 2. The molecule has 0 unspecified atom stereocenters. The molecule has 4 heteroatoms. The van der Waals surface area contributed by atoms with E-state index in [0.717, 1.165) is 10.1 Å². The quantitative estimate of drug-likeness (QED) is 0.506. The molecule has 0 fully saturated rings. The Morgan fingerprint density at radius 2 is 2.00 bits per heavy atom. The minimum atomic E-state index is 0.381. The van der Waals surface area contributed by atoms with Crippen LogP contribution in [0.2, 0.25) is 0 Å². The van der Waals surface area contributed by atoms with E-state index in [-0.39, 0.29) is 0 Å². The summed E-state index contributed by atoms with van der Waals surface area (Å²) in [6.45, 7) is 0. The summed E-state index contributed by atoms with van der Waals surface area (Å²) in [6, 6.07) is 5.75. The van der Waals surface area contributed by atoms with Crippen molar-refractivity contribution in [3.63, 3.8) is 0 Å². The van der Waals surface area contributed by atoms with Gasteiger partial charge in [0, 0.05) is 0 Å². The summed E-state index contributed by atoms with van der Waals surface area (Å²) in [5, 5.41) is 0. The number of para-hydroxylation sites is 1. The SMILES string of the molecule is Nc1cccc([Se][SeH])c1N. The van der Waals surface area contributed by atoms with Gasteiger partial charge >= 0.3 is 72.8 Å². The molecule has 0 atom stereocenters. The number of nitrogens with two attached hydrogens (primary N) is 2. The van der Waals surface area contributed by atoms with Gasteiger partial charge in [-0.1, -0.05) is 0 Å². The van der Waals surface area contributed by atoms with Crippen molar-refractivity contribution in [3.8, 4) is 0 Å². The first-order valence-electron chi connectivity index (χ1n) is 2.71. The van der Waals surface area contributed by atoms with E-state index in [1.807, 2.05) is 18.2 Å². The number of hydrogen-bond donors (Lipinski definition) is 2. The molecule has 1 aromatic carbocycles. The fourth-order valence-electron chi connectivity index (χ4n) is 0.641. The standard InChI is InChI=1S/C6H8N2Se2/c7-4-2-1-3-5(10-9)6(4)8/h1-3,9H,7-8H2. The molecule has 0 saturated carbocycles. The fraction of sp³-hybridized carbons (Fsp3) is 0. The molecule has 0 heterocycles. The second-order valence-electron chi connectivity index (χ2n) is 1.85. The van der Waals surface area contributed by atoms with Crippen LogP contribution in [0.1, 0.15) is 0 Å². The Morgan fingerprint density at radius 3 is 2.50 bits per heavy atom. The van der Waals surface area contributed by atoms with Crippen molar-refractivity contribution in [2.45, 2.75) is 0 Å². The zero-order chi connectivity index (χ0) is 7.56. The first kappa shape index (κ1) is 7.96. The van der Waals surface area contributed by atoms with Crippen molar-refractivity contribution in [2.75, 3.05) is 11.5 Å². The second kappa shape index (κ2) is 3.31. The van der Waals surface area contributed by atoms with Crippen LogP contribution in [0.5, 0.6) is 0 Å².